The van der Waals surface area contributed by atoms with Crippen LogP contribution in [-0.4, -0.2) is 133 Å². The Balaban J connectivity index is -0.000000149. The fourth-order valence-electron chi connectivity index (χ4n) is 0.963. The number of carboxylic acids is 2. The molecule has 0 spiro atoms. The molecule has 0 aliphatic heterocycles. The number of benzene rings is 1. The molecular formula is C23H41FeN5O9. The Hall–Kier alpha value is -3.23. The summed E-state index contributed by atoms with van der Waals surface area (Å²) in [6.07, 6.45) is -2.08. The van der Waals surface area contributed by atoms with Gasteiger partial charge in [-0.2, -0.15) is 0 Å². The summed E-state index contributed by atoms with van der Waals surface area (Å²) in [5.41, 5.74) is -0.525. The van der Waals surface area contributed by atoms with Crippen LogP contribution >= 0.6 is 0 Å². The van der Waals surface area contributed by atoms with E-state index >= 15 is 0 Å². The van der Waals surface area contributed by atoms with Crippen LogP contribution in [0, 0.1) is 0 Å². The van der Waals surface area contributed by atoms with Crippen molar-refractivity contribution in [2.75, 3.05) is 84.6 Å². The van der Waals surface area contributed by atoms with Crippen molar-refractivity contribution in [1.29, 1.82) is 0 Å². The molecule has 15 heteroatoms. The van der Waals surface area contributed by atoms with Crippen LogP contribution in [0.2, 0.25) is 0 Å². The molecule has 1 aromatic carbocycles. The van der Waals surface area contributed by atoms with Gasteiger partial charge in [0.25, 0.3) is 0 Å². The summed E-state index contributed by atoms with van der Waals surface area (Å²) in [4.78, 5) is 50.4. The quantitative estimate of drug-likeness (QED) is 0.233. The average Bonchev–Trinajstić information content (AvgIpc) is 2.58. The van der Waals surface area contributed by atoms with Crippen molar-refractivity contribution in [2.24, 2.45) is 0 Å². The van der Waals surface area contributed by atoms with Gasteiger partial charge in [0.2, 0.25) is 6.16 Å². The summed E-state index contributed by atoms with van der Waals surface area (Å²) >= 11 is 0. The predicted octanol–water partition coefficient (Wildman–Crippen LogP) is -1.90. The zero-order chi connectivity index (χ0) is 30.8. The monoisotopic (exact) mass is 587 g/mol. The molecular weight excluding hydrogens is 546 g/mol. The number of hydrogen-bond donors (Lipinski definition) is 1. The Morgan fingerprint density at radius 3 is 0.868 bits per heavy atom. The zero-order valence-corrected chi connectivity index (χ0v) is 25.2. The summed E-state index contributed by atoms with van der Waals surface area (Å²) in [6, 6.07) is 5.15. The van der Waals surface area contributed by atoms with Crippen LogP contribution in [0.15, 0.2) is 24.3 Å². The van der Waals surface area contributed by atoms with Gasteiger partial charge in [-0.1, -0.05) is 24.3 Å². The Morgan fingerprint density at radius 1 is 0.579 bits per heavy atom. The third-order valence-corrected chi connectivity index (χ3v) is 1.67. The molecule has 0 atom stereocenters. The van der Waals surface area contributed by atoms with Crippen LogP contribution < -0.4 is 15.3 Å². The van der Waals surface area contributed by atoms with Crippen molar-refractivity contribution < 1.29 is 74.9 Å². The Labute approximate surface area is 235 Å². The molecule has 0 unspecified atom stereocenters. The fraction of sp³-hybridized carbons (Fsp3) is 0.522. The van der Waals surface area contributed by atoms with Crippen LogP contribution in [0.4, 0.5) is 16.2 Å². The second-order valence-corrected chi connectivity index (χ2v) is 11.2. The maximum Gasteiger partial charge on any atom is 2.00 e. The third-order valence-electron chi connectivity index (χ3n) is 1.67. The molecule has 0 radical (unpaired) electrons. The molecule has 1 aromatic rings. The first-order valence-electron chi connectivity index (χ1n) is 10.4. The van der Waals surface area contributed by atoms with Gasteiger partial charge in [0, 0.05) is 0 Å². The summed E-state index contributed by atoms with van der Waals surface area (Å²) in [5, 5.41) is 41.9. The molecule has 0 aliphatic carbocycles. The molecule has 0 aromatic heterocycles. The molecule has 0 fully saturated rings. The number of carboxylic acid groups (broad SMARTS) is 4. The summed E-state index contributed by atoms with van der Waals surface area (Å²) in [5.74, 6) is -7.20. The molecule has 1 N–H and O–H groups in total. The molecule has 1 rings (SSSR count). The van der Waals surface area contributed by atoms with Crippen molar-refractivity contribution in [1.82, 2.24) is 0 Å². The normalized spacial score (nSPS) is 9.79. The van der Waals surface area contributed by atoms with E-state index in [9.17, 15) is 29.4 Å². The van der Waals surface area contributed by atoms with E-state index in [1.165, 1.54) is 24.3 Å². The van der Waals surface area contributed by atoms with Gasteiger partial charge in [0.1, 0.15) is 11.8 Å². The second-order valence-electron chi connectivity index (χ2n) is 11.2. The van der Waals surface area contributed by atoms with Crippen molar-refractivity contribution in [3.63, 3.8) is 0 Å². The number of hydrogen-bond acceptors (Lipinski definition) is 8. The minimum Gasteiger partial charge on any atom is -0.623 e. The molecule has 0 aliphatic rings. The Bertz CT molecular complexity index is 778. The molecule has 0 bridgehead atoms. The number of para-hydroxylation sites is 2. The number of nitrogens with zero attached hydrogens (tertiary/aromatic N) is 5. The average molecular weight is 587 g/mol. The summed E-state index contributed by atoms with van der Waals surface area (Å²) in [6.45, 7) is 0. The minimum atomic E-state index is -2.08. The summed E-state index contributed by atoms with van der Waals surface area (Å²) < 4.78 is 3.00. The van der Waals surface area contributed by atoms with E-state index in [0.29, 0.717) is 0 Å². The third kappa shape index (κ3) is 58.5. The second kappa shape index (κ2) is 20.8. The molecule has 0 heterocycles. The zero-order valence-electron chi connectivity index (χ0n) is 24.1. The fourth-order valence-corrected chi connectivity index (χ4v) is 0.963. The van der Waals surface area contributed by atoms with E-state index in [4.69, 9.17) is 15.0 Å². The number of carbonyl (C=O) groups excluding carboxylic acids is 4. The standard InChI is InChI=1S/C10H8N2O6.3C4H12N.CH2O3.Fe/c13-7(9(15)16)11-5-3-1-2-4-6(5)12-8(14)10(17)18;3*1-5(2,3)4;2-1(3)4;/h1-4H,(H4,11,12,13,14,15,16,17,18);3*1-4H3;(H2,2,3,4);/q;3*+1;;+2/p-5. The van der Waals surface area contributed by atoms with Crippen LogP contribution in [0.1, 0.15) is 0 Å². The molecule has 0 saturated carbocycles. The molecule has 38 heavy (non-hydrogen) atoms. The van der Waals surface area contributed by atoms with E-state index < -0.39 is 29.9 Å². The van der Waals surface area contributed by atoms with Crippen molar-refractivity contribution in [3.05, 3.63) is 34.9 Å². The molecule has 14 nitrogen and oxygen atoms in total. The largest absolute Gasteiger partial charge is 2.00 e. The first-order chi connectivity index (χ1) is 16.1. The van der Waals surface area contributed by atoms with Gasteiger partial charge in [0.05, 0.1) is 96.5 Å². The van der Waals surface area contributed by atoms with E-state index in [0.717, 1.165) is 13.4 Å². The van der Waals surface area contributed by atoms with E-state index in [2.05, 4.69) is 95.2 Å². The van der Waals surface area contributed by atoms with Crippen molar-refractivity contribution in [2.45, 2.75) is 0 Å². The van der Waals surface area contributed by atoms with E-state index in [1.54, 1.807) is 0 Å². The number of carbonyl (C=O) groups is 5. The maximum absolute atomic E-state index is 10.8. The number of quaternary nitrogens is 3. The van der Waals surface area contributed by atoms with Gasteiger partial charge in [-0.3, -0.25) is 0 Å². The first kappa shape index (κ1) is 44.7. The van der Waals surface area contributed by atoms with Crippen LogP contribution in [-0.2, 0) is 36.2 Å². The first-order valence-corrected chi connectivity index (χ1v) is 10.4. The van der Waals surface area contributed by atoms with Crippen LogP contribution in [0.5, 0.6) is 0 Å². The maximum atomic E-state index is 10.8. The predicted molar refractivity (Wildman–Crippen MR) is 132 cm³/mol. The van der Waals surface area contributed by atoms with Crippen molar-refractivity contribution in [3.8, 4) is 0 Å². The van der Waals surface area contributed by atoms with E-state index in [-0.39, 0.29) is 28.4 Å². The number of aliphatic carboxylic acids is 2. The number of amides is 2. The smallest absolute Gasteiger partial charge is 0.623 e. The SMILES string of the molecule is C[N+](C)(C)C.C[N+](C)(C)C.C[N+](C)(C)C.O=C([O-])C(=O)[N-]c1ccccc1[N-]C(=O)C(=O)[O-].O=C([O-])O.[Fe+2]. The summed E-state index contributed by atoms with van der Waals surface area (Å²) in [7, 11) is 25.5. The van der Waals surface area contributed by atoms with Gasteiger partial charge in [-0.25, -0.2) is 0 Å². The Morgan fingerprint density at radius 2 is 0.737 bits per heavy atom. The van der Waals surface area contributed by atoms with Gasteiger partial charge < -0.3 is 68.5 Å². The van der Waals surface area contributed by atoms with Gasteiger partial charge in [0.15, 0.2) is 0 Å². The van der Waals surface area contributed by atoms with Gasteiger partial charge in [-0.05, 0) is 0 Å². The molecule has 220 valence electrons. The molecule has 2 amide bonds. The van der Waals surface area contributed by atoms with E-state index in [1.807, 2.05) is 0 Å². The van der Waals surface area contributed by atoms with Gasteiger partial charge in [-0.15, -0.1) is 11.4 Å². The molecule has 0 saturated heterocycles. The Kier molecular flexibility index (Phi) is 24.5. The van der Waals surface area contributed by atoms with Crippen LogP contribution in [0.3, 0.4) is 0 Å². The number of rotatable bonds is 2. The van der Waals surface area contributed by atoms with Crippen molar-refractivity contribution >= 4 is 41.3 Å². The minimum absolute atomic E-state index is 0. The van der Waals surface area contributed by atoms with Crippen LogP contribution in [0.25, 0.3) is 10.6 Å². The topological polar surface area (TPSA) is 203 Å². The van der Waals surface area contributed by atoms with Gasteiger partial charge >= 0.3 is 17.1 Å².